The standard InChI is InChI=1S/C22H21F3N6O2/c1-11-12(2)33-21(3,4)20(32)30(11)16-7-13(5-6-14(16)9-26)17-8-15(22(23,24)25)18-19(27)28-10-29-31(17)18/h5-8,10-12H,1-4H3,(H2,27,28,29). The lowest BCUT2D eigenvalue weighted by atomic mass is 9.96. The van der Waals surface area contributed by atoms with Gasteiger partial charge in [-0.1, -0.05) is 6.07 Å². The maximum atomic E-state index is 13.7. The van der Waals surface area contributed by atoms with Crippen LogP contribution in [-0.4, -0.2) is 38.3 Å². The number of halogens is 3. The molecule has 2 N–H and O–H groups in total. The van der Waals surface area contributed by atoms with Crippen LogP contribution < -0.4 is 10.6 Å². The zero-order chi connectivity index (χ0) is 24.3. The van der Waals surface area contributed by atoms with Gasteiger partial charge in [0.05, 0.1) is 34.7 Å². The van der Waals surface area contributed by atoms with Crippen molar-refractivity contribution in [2.75, 3.05) is 10.6 Å². The molecule has 1 fully saturated rings. The fourth-order valence-corrected chi connectivity index (χ4v) is 4.10. The first-order valence-corrected chi connectivity index (χ1v) is 10.1. The highest BCUT2D eigenvalue weighted by molar-refractivity contribution is 6.02. The summed E-state index contributed by atoms with van der Waals surface area (Å²) in [5.41, 5.74) is 4.16. The number of aromatic nitrogens is 3. The summed E-state index contributed by atoms with van der Waals surface area (Å²) in [5, 5.41) is 13.7. The van der Waals surface area contributed by atoms with Crippen molar-refractivity contribution in [2.45, 2.75) is 51.6 Å². The number of rotatable bonds is 2. The molecule has 2 unspecified atom stereocenters. The van der Waals surface area contributed by atoms with Crippen LogP contribution in [0.2, 0.25) is 0 Å². The number of hydrogen-bond acceptors (Lipinski definition) is 6. The Bertz CT molecular complexity index is 1310. The minimum absolute atomic E-state index is 0.0952. The molecule has 1 amide bonds. The second kappa shape index (κ2) is 7.45. The SMILES string of the molecule is CC1OC(C)(C)C(=O)N(c2cc(-c3cc(C(F)(F)F)c4c(N)ncnn34)ccc2C#N)C1C. The lowest BCUT2D eigenvalue weighted by molar-refractivity contribution is -0.157. The predicted octanol–water partition coefficient (Wildman–Crippen LogP) is 3.79. The Morgan fingerprint density at radius 3 is 2.58 bits per heavy atom. The second-order valence-corrected chi connectivity index (χ2v) is 8.44. The molecule has 4 rings (SSSR count). The monoisotopic (exact) mass is 458 g/mol. The van der Waals surface area contributed by atoms with E-state index in [-0.39, 0.29) is 40.3 Å². The topological polar surface area (TPSA) is 110 Å². The molecule has 1 aromatic carbocycles. The van der Waals surface area contributed by atoms with Crippen molar-refractivity contribution in [3.05, 3.63) is 41.7 Å². The van der Waals surface area contributed by atoms with Crippen LogP contribution in [0.25, 0.3) is 16.8 Å². The quantitative estimate of drug-likeness (QED) is 0.626. The van der Waals surface area contributed by atoms with Gasteiger partial charge in [-0.3, -0.25) is 4.79 Å². The Balaban J connectivity index is 1.96. The van der Waals surface area contributed by atoms with Crippen LogP contribution in [0, 0.1) is 11.3 Å². The van der Waals surface area contributed by atoms with Gasteiger partial charge in [0.15, 0.2) is 5.82 Å². The molecule has 0 aliphatic carbocycles. The van der Waals surface area contributed by atoms with Crippen LogP contribution in [0.1, 0.15) is 38.8 Å². The summed E-state index contributed by atoms with van der Waals surface area (Å²) in [6, 6.07) is 7.07. The molecule has 1 aliphatic heterocycles. The van der Waals surface area contributed by atoms with Crippen molar-refractivity contribution in [1.29, 1.82) is 5.26 Å². The maximum Gasteiger partial charge on any atom is 0.418 e. The molecule has 2 aromatic heterocycles. The van der Waals surface area contributed by atoms with Crippen LogP contribution in [0.15, 0.2) is 30.6 Å². The summed E-state index contributed by atoms with van der Waals surface area (Å²) in [4.78, 5) is 18.4. The van der Waals surface area contributed by atoms with Gasteiger partial charge < -0.3 is 15.4 Å². The summed E-state index contributed by atoms with van der Waals surface area (Å²) < 4.78 is 48.0. The van der Waals surface area contributed by atoms with Crippen molar-refractivity contribution in [2.24, 2.45) is 0 Å². The normalized spacial score (nSPS) is 20.8. The largest absolute Gasteiger partial charge is 0.418 e. The molecule has 11 heteroatoms. The van der Waals surface area contributed by atoms with Gasteiger partial charge in [0.2, 0.25) is 0 Å². The zero-order valence-electron chi connectivity index (χ0n) is 18.3. The lowest BCUT2D eigenvalue weighted by Gasteiger charge is -2.45. The minimum Gasteiger partial charge on any atom is -0.382 e. The van der Waals surface area contributed by atoms with Crippen LogP contribution in [-0.2, 0) is 15.7 Å². The molecule has 0 spiro atoms. The predicted molar refractivity (Wildman–Crippen MR) is 114 cm³/mol. The van der Waals surface area contributed by atoms with E-state index in [9.17, 15) is 23.2 Å². The van der Waals surface area contributed by atoms with Crippen LogP contribution in [0.4, 0.5) is 24.7 Å². The molecule has 3 aromatic rings. The van der Waals surface area contributed by atoms with E-state index < -0.39 is 23.4 Å². The van der Waals surface area contributed by atoms with Gasteiger partial charge in [-0.2, -0.15) is 23.5 Å². The summed E-state index contributed by atoms with van der Waals surface area (Å²) in [5.74, 6) is -0.672. The smallest absolute Gasteiger partial charge is 0.382 e. The van der Waals surface area contributed by atoms with E-state index >= 15 is 0 Å². The molecule has 2 atom stereocenters. The van der Waals surface area contributed by atoms with Crippen molar-refractivity contribution in [3.63, 3.8) is 0 Å². The third-order valence-electron chi connectivity index (χ3n) is 5.86. The molecule has 3 heterocycles. The molecular formula is C22H21F3N6O2. The van der Waals surface area contributed by atoms with E-state index in [1.165, 1.54) is 23.1 Å². The number of fused-ring (bicyclic) bond motifs is 1. The molecular weight excluding hydrogens is 437 g/mol. The van der Waals surface area contributed by atoms with Gasteiger partial charge in [-0.15, -0.1) is 0 Å². The number of hydrogen-bond donors (Lipinski definition) is 1. The third kappa shape index (κ3) is 3.56. The van der Waals surface area contributed by atoms with Crippen LogP contribution in [0.5, 0.6) is 0 Å². The Labute approximate surface area is 187 Å². The first kappa shape index (κ1) is 22.5. The summed E-state index contributed by atoms with van der Waals surface area (Å²) >= 11 is 0. The molecule has 172 valence electrons. The summed E-state index contributed by atoms with van der Waals surface area (Å²) in [7, 11) is 0. The minimum atomic E-state index is -4.69. The van der Waals surface area contributed by atoms with E-state index in [2.05, 4.69) is 16.2 Å². The Morgan fingerprint density at radius 2 is 1.94 bits per heavy atom. The number of morpholine rings is 1. The summed E-state index contributed by atoms with van der Waals surface area (Å²) in [6.07, 6.45) is -3.97. The lowest BCUT2D eigenvalue weighted by Crippen LogP contribution is -2.61. The van der Waals surface area contributed by atoms with Gasteiger partial charge in [-0.05, 0) is 45.9 Å². The van der Waals surface area contributed by atoms with Crippen molar-refractivity contribution in [1.82, 2.24) is 14.6 Å². The van der Waals surface area contributed by atoms with Gasteiger partial charge in [0.1, 0.15) is 23.5 Å². The molecule has 1 saturated heterocycles. The molecule has 8 nitrogen and oxygen atoms in total. The number of alkyl halides is 3. The van der Waals surface area contributed by atoms with E-state index in [4.69, 9.17) is 10.5 Å². The first-order chi connectivity index (χ1) is 15.4. The van der Waals surface area contributed by atoms with Gasteiger partial charge in [0.25, 0.3) is 5.91 Å². The highest BCUT2D eigenvalue weighted by atomic mass is 19.4. The number of benzene rings is 1. The number of nitrogens with zero attached hydrogens (tertiary/aromatic N) is 5. The third-order valence-corrected chi connectivity index (χ3v) is 5.86. The zero-order valence-corrected chi connectivity index (χ0v) is 18.3. The van der Waals surface area contributed by atoms with Gasteiger partial charge >= 0.3 is 6.18 Å². The van der Waals surface area contributed by atoms with Gasteiger partial charge in [0, 0.05) is 5.56 Å². The highest BCUT2D eigenvalue weighted by Crippen LogP contribution is 2.40. The Kier molecular flexibility index (Phi) is 5.09. The number of nitrogen functional groups attached to an aromatic ring is 1. The molecule has 1 aliphatic rings. The average Bonchev–Trinajstić information content (AvgIpc) is 3.14. The van der Waals surface area contributed by atoms with E-state index in [1.807, 2.05) is 6.92 Å². The fraction of sp³-hybridized carbons (Fsp3) is 0.364. The number of carbonyl (C=O) groups is 1. The van der Waals surface area contributed by atoms with Crippen molar-refractivity contribution in [3.8, 4) is 17.3 Å². The second-order valence-electron chi connectivity index (χ2n) is 8.44. The van der Waals surface area contributed by atoms with Crippen molar-refractivity contribution >= 4 is 22.9 Å². The van der Waals surface area contributed by atoms with Crippen LogP contribution >= 0.6 is 0 Å². The number of amides is 1. The van der Waals surface area contributed by atoms with E-state index in [0.717, 1.165) is 16.9 Å². The maximum absolute atomic E-state index is 13.7. The van der Waals surface area contributed by atoms with E-state index in [1.54, 1.807) is 20.8 Å². The Hall–Kier alpha value is -3.65. The molecule has 0 bridgehead atoms. The number of nitrogens with two attached hydrogens (primary N) is 1. The van der Waals surface area contributed by atoms with E-state index in [0.29, 0.717) is 5.56 Å². The fourth-order valence-electron chi connectivity index (χ4n) is 4.10. The summed E-state index contributed by atoms with van der Waals surface area (Å²) in [6.45, 7) is 6.87. The molecule has 33 heavy (non-hydrogen) atoms. The molecule has 0 saturated carbocycles. The number of carbonyl (C=O) groups excluding carboxylic acids is 1. The number of anilines is 2. The van der Waals surface area contributed by atoms with Crippen LogP contribution in [0.3, 0.4) is 0 Å². The molecule has 0 radical (unpaired) electrons. The number of nitriles is 1. The van der Waals surface area contributed by atoms with Crippen molar-refractivity contribution < 1.29 is 22.7 Å². The number of ether oxygens (including phenoxy) is 1. The Morgan fingerprint density at radius 1 is 1.24 bits per heavy atom. The first-order valence-electron chi connectivity index (χ1n) is 10.1. The van der Waals surface area contributed by atoms with Gasteiger partial charge in [-0.25, -0.2) is 9.50 Å². The average molecular weight is 458 g/mol. The highest BCUT2D eigenvalue weighted by Gasteiger charge is 2.45.